The molecular formula is C8H9FN2O3. The number of nitrogens with one attached hydrogen (secondary N) is 2. The van der Waals surface area contributed by atoms with E-state index in [9.17, 15) is 14.0 Å². The summed E-state index contributed by atoms with van der Waals surface area (Å²) in [5.74, 6) is -0.898. The smallest absolute Gasteiger partial charge is 0.327 e. The minimum atomic E-state index is -0.898. The lowest BCUT2D eigenvalue weighted by molar-refractivity contribution is 0.107. The molecule has 1 aromatic rings. The summed E-state index contributed by atoms with van der Waals surface area (Å²) in [5.41, 5.74) is -1.66. The lowest BCUT2D eigenvalue weighted by Crippen LogP contribution is -2.29. The molecule has 1 aromatic heterocycles. The molecule has 1 atom stereocenters. The Morgan fingerprint density at radius 2 is 2.14 bits per heavy atom. The predicted octanol–water partition coefficient (Wildman–Crippen LogP) is 0.0538. The van der Waals surface area contributed by atoms with Gasteiger partial charge in [0.15, 0.2) is 0 Å². The quantitative estimate of drug-likeness (QED) is 0.629. The zero-order valence-corrected chi connectivity index (χ0v) is 7.30. The largest absolute Gasteiger partial charge is 0.373 e. The molecule has 5 nitrogen and oxygen atoms in total. The van der Waals surface area contributed by atoms with Crippen LogP contribution in [0.3, 0.4) is 0 Å². The first-order chi connectivity index (χ1) is 6.68. The minimum Gasteiger partial charge on any atom is -0.373 e. The maximum absolute atomic E-state index is 13.2. The molecule has 1 aliphatic heterocycles. The predicted molar refractivity (Wildman–Crippen MR) is 45.6 cm³/mol. The first-order valence-corrected chi connectivity index (χ1v) is 4.32. The highest BCUT2D eigenvalue weighted by atomic mass is 19.1. The molecule has 0 spiro atoms. The van der Waals surface area contributed by atoms with E-state index in [0.29, 0.717) is 13.0 Å². The Morgan fingerprint density at radius 3 is 2.71 bits per heavy atom. The molecule has 1 fully saturated rings. The molecule has 76 valence electrons. The molecule has 1 unspecified atom stereocenters. The Labute approximate surface area is 77.9 Å². The number of H-pyrrole nitrogens is 2. The topological polar surface area (TPSA) is 75.0 Å². The van der Waals surface area contributed by atoms with E-state index in [1.54, 1.807) is 0 Å². The molecular weight excluding hydrogens is 191 g/mol. The standard InChI is InChI=1S/C8H9FN2O3/c9-6-5(4-2-1-3-14-4)7(12)11-8(13)10-6/h4H,1-3H2,(H2,10,11,12,13). The second kappa shape index (κ2) is 3.38. The van der Waals surface area contributed by atoms with Crippen LogP contribution < -0.4 is 11.2 Å². The van der Waals surface area contributed by atoms with Crippen molar-refractivity contribution in [2.24, 2.45) is 0 Å². The monoisotopic (exact) mass is 200 g/mol. The second-order valence-corrected chi connectivity index (χ2v) is 3.14. The number of hydrogen-bond acceptors (Lipinski definition) is 3. The minimum absolute atomic E-state index is 0.109. The van der Waals surface area contributed by atoms with E-state index < -0.39 is 23.3 Å². The fraction of sp³-hybridized carbons (Fsp3) is 0.500. The molecule has 6 heteroatoms. The Kier molecular flexibility index (Phi) is 2.20. The zero-order chi connectivity index (χ0) is 10.1. The van der Waals surface area contributed by atoms with Gasteiger partial charge in [0.2, 0.25) is 5.95 Å². The van der Waals surface area contributed by atoms with Crippen molar-refractivity contribution in [1.82, 2.24) is 9.97 Å². The summed E-state index contributed by atoms with van der Waals surface area (Å²) < 4.78 is 18.4. The summed E-state index contributed by atoms with van der Waals surface area (Å²) >= 11 is 0. The van der Waals surface area contributed by atoms with Crippen LogP contribution in [0.5, 0.6) is 0 Å². The molecule has 0 amide bonds. The Bertz CT molecular complexity index is 445. The average molecular weight is 200 g/mol. The SMILES string of the molecule is O=c1[nH]c(F)c(C2CCCO2)c(=O)[nH]1. The highest BCUT2D eigenvalue weighted by Gasteiger charge is 2.24. The van der Waals surface area contributed by atoms with Gasteiger partial charge in [-0.1, -0.05) is 0 Å². The lowest BCUT2D eigenvalue weighted by atomic mass is 10.1. The van der Waals surface area contributed by atoms with Crippen molar-refractivity contribution >= 4 is 0 Å². The van der Waals surface area contributed by atoms with Crippen molar-refractivity contribution in [3.05, 3.63) is 32.3 Å². The first-order valence-electron chi connectivity index (χ1n) is 4.32. The summed E-state index contributed by atoms with van der Waals surface area (Å²) in [5, 5.41) is 0. The van der Waals surface area contributed by atoms with Crippen LogP contribution in [0.15, 0.2) is 9.59 Å². The molecule has 0 saturated carbocycles. The molecule has 2 N–H and O–H groups in total. The summed E-state index contributed by atoms with van der Waals surface area (Å²) in [4.78, 5) is 25.8. The zero-order valence-electron chi connectivity index (χ0n) is 7.30. The molecule has 1 aliphatic rings. The fourth-order valence-corrected chi connectivity index (χ4v) is 1.56. The summed E-state index contributed by atoms with van der Waals surface area (Å²) in [6, 6.07) is 0. The van der Waals surface area contributed by atoms with Gasteiger partial charge in [0.1, 0.15) is 0 Å². The Morgan fingerprint density at radius 1 is 1.36 bits per heavy atom. The van der Waals surface area contributed by atoms with Gasteiger partial charge in [-0.15, -0.1) is 0 Å². The van der Waals surface area contributed by atoms with E-state index in [4.69, 9.17) is 4.74 Å². The first kappa shape index (κ1) is 9.14. The average Bonchev–Trinajstić information content (AvgIpc) is 2.54. The van der Waals surface area contributed by atoms with Gasteiger partial charge in [-0.05, 0) is 12.8 Å². The van der Waals surface area contributed by atoms with Gasteiger partial charge in [0, 0.05) is 6.61 Å². The van der Waals surface area contributed by atoms with Crippen molar-refractivity contribution in [3.63, 3.8) is 0 Å². The van der Waals surface area contributed by atoms with E-state index in [0.717, 1.165) is 6.42 Å². The summed E-state index contributed by atoms with van der Waals surface area (Å²) in [7, 11) is 0. The van der Waals surface area contributed by atoms with Gasteiger partial charge in [-0.25, -0.2) is 4.79 Å². The van der Waals surface area contributed by atoms with Crippen LogP contribution in [0.25, 0.3) is 0 Å². The number of hydrogen-bond donors (Lipinski definition) is 2. The van der Waals surface area contributed by atoms with Crippen LogP contribution in [0.2, 0.25) is 0 Å². The molecule has 2 rings (SSSR count). The van der Waals surface area contributed by atoms with Crippen molar-refractivity contribution < 1.29 is 9.13 Å². The molecule has 0 aromatic carbocycles. The van der Waals surface area contributed by atoms with Crippen LogP contribution in [0, 0.1) is 5.95 Å². The number of halogens is 1. The maximum atomic E-state index is 13.2. The van der Waals surface area contributed by atoms with Crippen LogP contribution in [-0.2, 0) is 4.74 Å². The van der Waals surface area contributed by atoms with Crippen LogP contribution >= 0.6 is 0 Å². The number of aromatic nitrogens is 2. The summed E-state index contributed by atoms with van der Waals surface area (Å²) in [6.07, 6.45) is 0.866. The highest BCUT2D eigenvalue weighted by molar-refractivity contribution is 5.10. The van der Waals surface area contributed by atoms with E-state index in [1.807, 2.05) is 9.97 Å². The lowest BCUT2D eigenvalue weighted by Gasteiger charge is -2.07. The van der Waals surface area contributed by atoms with Gasteiger partial charge in [-0.2, -0.15) is 4.39 Å². The van der Waals surface area contributed by atoms with Gasteiger partial charge >= 0.3 is 5.69 Å². The van der Waals surface area contributed by atoms with E-state index in [2.05, 4.69) is 0 Å². The van der Waals surface area contributed by atoms with Crippen LogP contribution in [0.1, 0.15) is 24.5 Å². The normalized spacial score (nSPS) is 21.4. The number of rotatable bonds is 1. The summed E-state index contributed by atoms with van der Waals surface area (Å²) in [6.45, 7) is 0.517. The third-order valence-corrected chi connectivity index (χ3v) is 2.18. The van der Waals surface area contributed by atoms with Crippen molar-refractivity contribution in [3.8, 4) is 0 Å². The molecule has 0 radical (unpaired) electrons. The van der Waals surface area contributed by atoms with Gasteiger partial charge in [-0.3, -0.25) is 14.8 Å². The number of aromatic amines is 2. The third-order valence-electron chi connectivity index (χ3n) is 2.18. The van der Waals surface area contributed by atoms with E-state index in [-0.39, 0.29) is 5.56 Å². The molecule has 14 heavy (non-hydrogen) atoms. The van der Waals surface area contributed by atoms with Crippen molar-refractivity contribution in [2.75, 3.05) is 6.61 Å². The van der Waals surface area contributed by atoms with Crippen LogP contribution in [0.4, 0.5) is 4.39 Å². The van der Waals surface area contributed by atoms with Gasteiger partial charge < -0.3 is 4.74 Å². The highest BCUT2D eigenvalue weighted by Crippen LogP contribution is 2.26. The molecule has 0 aliphatic carbocycles. The Hall–Kier alpha value is -1.43. The van der Waals surface area contributed by atoms with Gasteiger partial charge in [0.05, 0.1) is 11.7 Å². The third kappa shape index (κ3) is 1.48. The second-order valence-electron chi connectivity index (χ2n) is 3.14. The molecule has 2 heterocycles. The molecule has 1 saturated heterocycles. The molecule has 0 bridgehead atoms. The van der Waals surface area contributed by atoms with E-state index >= 15 is 0 Å². The van der Waals surface area contributed by atoms with Crippen molar-refractivity contribution in [2.45, 2.75) is 18.9 Å². The van der Waals surface area contributed by atoms with Crippen LogP contribution in [-0.4, -0.2) is 16.6 Å². The number of ether oxygens (including phenoxy) is 1. The Balaban J connectivity index is 2.51. The van der Waals surface area contributed by atoms with Gasteiger partial charge in [0.25, 0.3) is 5.56 Å². The van der Waals surface area contributed by atoms with Crippen molar-refractivity contribution in [1.29, 1.82) is 0 Å². The fourth-order valence-electron chi connectivity index (χ4n) is 1.56. The van der Waals surface area contributed by atoms with E-state index in [1.165, 1.54) is 0 Å². The maximum Gasteiger partial charge on any atom is 0.327 e.